The number of para-hydroxylation sites is 7. The third-order valence-corrected chi connectivity index (χ3v) is 27.6. The Hall–Kier alpha value is -17.2. The van der Waals surface area contributed by atoms with Crippen molar-refractivity contribution in [3.8, 4) is 85.0 Å². The van der Waals surface area contributed by atoms with Crippen molar-refractivity contribution in [2.24, 2.45) is 0 Å². The zero-order chi connectivity index (χ0) is 86.3. The number of rotatable bonds is 8. The van der Waals surface area contributed by atoms with Crippen molar-refractivity contribution < 1.29 is 17.7 Å². The summed E-state index contributed by atoms with van der Waals surface area (Å²) in [6.07, 6.45) is 0. The largest absolute Gasteiger partial charge is 0.456 e. The number of aromatic nitrogens is 9. The third kappa shape index (κ3) is 11.6. The molecule has 17 aromatic carbocycles. The minimum absolute atomic E-state index is 0.114. The summed E-state index contributed by atoms with van der Waals surface area (Å²) < 4.78 is 35.2. The van der Waals surface area contributed by atoms with Crippen LogP contribution in [0.5, 0.6) is 0 Å². The van der Waals surface area contributed by atoms with Gasteiger partial charge in [-0.3, -0.25) is 4.57 Å². The minimum atomic E-state index is -0.114. The van der Waals surface area contributed by atoms with Crippen molar-refractivity contribution in [1.29, 1.82) is 0 Å². The summed E-state index contributed by atoms with van der Waals surface area (Å²) in [5.74, 6) is 2.79. The van der Waals surface area contributed by atoms with E-state index in [9.17, 15) is 0 Å². The van der Waals surface area contributed by atoms with Crippen LogP contribution in [0.15, 0.2) is 412 Å². The molecule has 1 aliphatic carbocycles. The monoisotopic (exact) mass is 1700 g/mol. The molecule has 0 unspecified atom stereocenters. The van der Waals surface area contributed by atoms with Crippen LogP contribution in [-0.4, -0.2) is 43.6 Å². The van der Waals surface area contributed by atoms with Crippen LogP contribution in [0.1, 0.15) is 25.0 Å². The van der Waals surface area contributed by atoms with Crippen molar-refractivity contribution >= 4 is 185 Å². The summed E-state index contributed by atoms with van der Waals surface area (Å²) >= 11 is 1.85. The van der Waals surface area contributed by atoms with Crippen molar-refractivity contribution in [3.05, 3.63) is 405 Å². The van der Waals surface area contributed by atoms with E-state index in [0.29, 0.717) is 34.2 Å². The quantitative estimate of drug-likeness (QED) is 0.144. The van der Waals surface area contributed by atoms with Crippen LogP contribution < -0.4 is 0 Å². The number of furan rings is 4. The first-order valence-electron chi connectivity index (χ1n) is 44.0. The van der Waals surface area contributed by atoms with E-state index < -0.39 is 0 Å². The van der Waals surface area contributed by atoms with Crippen molar-refractivity contribution in [3.63, 3.8) is 0 Å². The number of hydrogen-bond acceptors (Lipinski definition) is 11. The lowest BCUT2D eigenvalue weighted by Crippen LogP contribution is -2.15. The summed E-state index contributed by atoms with van der Waals surface area (Å²) in [4.78, 5) is 30.4. The van der Waals surface area contributed by atoms with Gasteiger partial charge >= 0.3 is 0 Å². The van der Waals surface area contributed by atoms with Gasteiger partial charge in [-0.25, -0.2) is 29.9 Å². The molecule has 11 aromatic heterocycles. The van der Waals surface area contributed by atoms with E-state index in [4.69, 9.17) is 47.6 Å². The molecule has 0 bridgehead atoms. The third-order valence-electron chi connectivity index (χ3n) is 26.5. The van der Waals surface area contributed by atoms with Gasteiger partial charge in [0, 0.05) is 130 Å². The lowest BCUT2D eigenvalue weighted by Gasteiger charge is -2.21. The van der Waals surface area contributed by atoms with E-state index in [1.807, 2.05) is 157 Å². The second-order valence-electron chi connectivity index (χ2n) is 34.3. The van der Waals surface area contributed by atoms with Crippen LogP contribution in [0.25, 0.3) is 259 Å². The van der Waals surface area contributed by atoms with Crippen molar-refractivity contribution in [2.45, 2.75) is 19.3 Å². The molecule has 14 heteroatoms. The second-order valence-corrected chi connectivity index (χ2v) is 35.3. The van der Waals surface area contributed by atoms with Crippen molar-refractivity contribution in [1.82, 2.24) is 43.6 Å². The van der Waals surface area contributed by atoms with Gasteiger partial charge in [0.1, 0.15) is 55.9 Å². The highest BCUT2D eigenvalue weighted by molar-refractivity contribution is 7.25. The molecule has 0 atom stereocenters. The number of nitrogens with zero attached hydrogens (tertiary/aromatic N) is 9. The molecule has 0 saturated carbocycles. The van der Waals surface area contributed by atoms with E-state index >= 15 is 0 Å². The van der Waals surface area contributed by atoms with Crippen LogP contribution in [0.2, 0.25) is 0 Å². The molecule has 0 fully saturated rings. The van der Waals surface area contributed by atoms with Gasteiger partial charge in [0.2, 0.25) is 0 Å². The predicted octanol–water partition coefficient (Wildman–Crippen LogP) is 31.3. The fourth-order valence-electron chi connectivity index (χ4n) is 20.3. The Bertz CT molecular complexity index is 9210. The van der Waals surface area contributed by atoms with Crippen LogP contribution in [-0.2, 0) is 5.41 Å². The number of thiophene rings is 1. The maximum absolute atomic E-state index is 6.53. The van der Waals surface area contributed by atoms with E-state index in [0.717, 1.165) is 150 Å². The summed E-state index contributed by atoms with van der Waals surface area (Å²) in [5.41, 5.74) is 29.4. The Morgan fingerprint density at radius 1 is 0.229 bits per heavy atom. The predicted molar refractivity (Wildman–Crippen MR) is 536 cm³/mol. The van der Waals surface area contributed by atoms with Crippen LogP contribution in [0.4, 0.5) is 0 Å². The second kappa shape index (κ2) is 28.9. The molecular formula is C117H71N9O4S. The molecule has 13 nitrogen and oxygen atoms in total. The van der Waals surface area contributed by atoms with E-state index in [1.165, 1.54) is 85.8 Å². The molecule has 11 heterocycles. The highest BCUT2D eigenvalue weighted by Gasteiger charge is 2.37. The average molecular weight is 1700 g/mol. The summed E-state index contributed by atoms with van der Waals surface area (Å²) in [7, 11) is 0. The molecule has 28 aromatic rings. The fourth-order valence-corrected chi connectivity index (χ4v) is 21.4. The molecule has 0 N–H and O–H groups in total. The molecule has 0 saturated heterocycles. The maximum atomic E-state index is 6.53. The Labute approximate surface area is 750 Å². The summed E-state index contributed by atoms with van der Waals surface area (Å²) in [6.45, 7) is 4.65. The zero-order valence-electron chi connectivity index (χ0n) is 70.6. The Kier molecular flexibility index (Phi) is 16.4. The maximum Gasteiger partial charge on any atom is 0.197 e. The lowest BCUT2D eigenvalue weighted by molar-refractivity contribution is 0.660. The molecule has 0 radical (unpaired) electrons. The van der Waals surface area contributed by atoms with Gasteiger partial charge in [-0.15, -0.1) is 11.3 Å². The number of hydrogen-bond donors (Lipinski definition) is 0. The highest BCUT2D eigenvalue weighted by Crippen LogP contribution is 2.53. The molecule has 0 aliphatic heterocycles. The Balaban J connectivity index is 0.000000101. The van der Waals surface area contributed by atoms with E-state index in [-0.39, 0.29) is 5.41 Å². The first kappa shape index (κ1) is 74.1. The molecule has 0 spiro atoms. The van der Waals surface area contributed by atoms with E-state index in [2.05, 4.69) is 276 Å². The summed E-state index contributed by atoms with van der Waals surface area (Å²) in [6, 6.07) is 137. The Morgan fingerprint density at radius 3 is 1.15 bits per heavy atom. The molecule has 131 heavy (non-hydrogen) atoms. The standard InChI is InChI=1S/C40H23N3O2.C40H23N3OS.C37H25N3O/c1-2-10-25(11-3-1)40-41-37(39-38(42-40)29-14-6-9-17-35(29)45-39)24-18-20-26(21-19-24)43-32-15-7-4-12-27(32)30-22-31-28-13-5-8-16-34(28)44-36(31)23-33(30)43;1-2-10-25(11-3-1)40-41-37(39-38(42-40)29-14-5-8-16-34(29)44-39)24-18-20-26(21-19-24)43-32-15-7-4-12-27(32)30-22-31-28-13-6-9-17-35(28)45-36(31)23-33(30)43;1-37(2)28-17-9-6-14-23(28)26-20-27-24-15-7-10-18-30(24)40(31(27)21-29(26)37)36-34-33(25-16-8-11-19-32(25)41-34)38-35(39-36)22-12-4-3-5-13-22/h2*1-23H;3-21H,1-2H3. The average Bonchev–Trinajstić information content (AvgIpc) is 1.52. The van der Waals surface area contributed by atoms with Crippen LogP contribution in [0, 0.1) is 0 Å². The smallest absolute Gasteiger partial charge is 0.197 e. The molecule has 1 aliphatic rings. The highest BCUT2D eigenvalue weighted by atomic mass is 32.1. The molecule has 614 valence electrons. The van der Waals surface area contributed by atoms with Gasteiger partial charge < -0.3 is 26.8 Å². The fraction of sp³-hybridized carbons (Fsp3) is 0.0256. The number of benzene rings is 17. The van der Waals surface area contributed by atoms with Crippen LogP contribution >= 0.6 is 11.3 Å². The molecular weight excluding hydrogens is 1630 g/mol. The van der Waals surface area contributed by atoms with Gasteiger partial charge in [0.05, 0.1) is 33.1 Å². The molecule has 29 rings (SSSR count). The zero-order valence-corrected chi connectivity index (χ0v) is 71.4. The van der Waals surface area contributed by atoms with Gasteiger partial charge in [-0.2, -0.15) is 0 Å². The van der Waals surface area contributed by atoms with Gasteiger partial charge in [0.25, 0.3) is 0 Å². The number of fused-ring (bicyclic) bond motifs is 27. The van der Waals surface area contributed by atoms with E-state index in [1.54, 1.807) is 0 Å². The lowest BCUT2D eigenvalue weighted by atomic mass is 9.82. The van der Waals surface area contributed by atoms with Crippen molar-refractivity contribution in [2.75, 3.05) is 0 Å². The normalized spacial score (nSPS) is 12.6. The first-order chi connectivity index (χ1) is 64.7. The SMILES string of the molecule is CC1(C)c2ccccc2-c2cc3c4ccccc4n(-c4nc(-c5ccccc5)nc5c4oc4ccccc45)c3cc21.c1ccc(-c2nc(-c3ccc(-n4c5ccccc5c5cc6c(cc54)oc4ccccc46)cc3)c3oc4ccccc4c3n2)cc1.c1ccc(-c2nc(-c3ccc(-n4c5ccccc5c5cc6c(cc54)sc4ccccc46)cc3)c3oc4ccccc4c3n2)cc1. The Morgan fingerprint density at radius 2 is 0.618 bits per heavy atom. The topological polar surface area (TPSA) is 145 Å². The van der Waals surface area contributed by atoms with Gasteiger partial charge in [-0.05, 0) is 144 Å². The van der Waals surface area contributed by atoms with Crippen LogP contribution in [0.3, 0.4) is 0 Å². The summed E-state index contributed by atoms with van der Waals surface area (Å²) in [5, 5.41) is 15.2. The van der Waals surface area contributed by atoms with Gasteiger partial charge in [0.15, 0.2) is 40.0 Å². The molecule has 0 amide bonds. The van der Waals surface area contributed by atoms with Gasteiger partial charge in [-0.1, -0.05) is 281 Å². The first-order valence-corrected chi connectivity index (χ1v) is 44.8. The minimum Gasteiger partial charge on any atom is -0.456 e.